The molecular formula is C12H13BrN2. The third-order valence-electron chi connectivity index (χ3n) is 3.39. The van der Waals surface area contributed by atoms with Gasteiger partial charge in [-0.15, -0.1) is 0 Å². The molecule has 0 aromatic carbocycles. The van der Waals surface area contributed by atoms with E-state index in [1.165, 1.54) is 24.0 Å². The molecule has 0 unspecified atom stereocenters. The molecule has 1 aromatic heterocycles. The summed E-state index contributed by atoms with van der Waals surface area (Å²) in [7, 11) is 0. The summed E-state index contributed by atoms with van der Waals surface area (Å²) >= 11 is 3.36. The Balaban J connectivity index is 1.91. The maximum atomic E-state index is 4.29. The van der Waals surface area contributed by atoms with E-state index >= 15 is 0 Å². The molecule has 2 heterocycles. The Labute approximate surface area is 97.9 Å². The first kappa shape index (κ1) is 9.55. The minimum absolute atomic E-state index is 0.577. The molecule has 3 rings (SSSR count). The van der Waals surface area contributed by atoms with E-state index in [1.807, 2.05) is 12.3 Å². The molecule has 1 aliphatic heterocycles. The second-order valence-corrected chi connectivity index (χ2v) is 5.06. The second kappa shape index (κ2) is 3.72. The molecule has 1 aromatic rings. The molecule has 1 saturated heterocycles. The third-order valence-corrected chi connectivity index (χ3v) is 3.86. The molecule has 0 saturated carbocycles. The highest BCUT2D eigenvalue weighted by atomic mass is 79.9. The lowest BCUT2D eigenvalue weighted by molar-refractivity contribution is 0.557. The van der Waals surface area contributed by atoms with Crippen LogP contribution in [0.5, 0.6) is 0 Å². The number of rotatable bonds is 1. The predicted octanol–water partition coefficient (Wildman–Crippen LogP) is 2.61. The average Bonchev–Trinajstić information content (AvgIpc) is 2.80. The van der Waals surface area contributed by atoms with E-state index < -0.39 is 0 Å². The molecule has 1 fully saturated rings. The van der Waals surface area contributed by atoms with Crippen LogP contribution in [0, 0.1) is 5.92 Å². The van der Waals surface area contributed by atoms with E-state index in [-0.39, 0.29) is 0 Å². The first-order valence-electron chi connectivity index (χ1n) is 5.40. The highest BCUT2D eigenvalue weighted by molar-refractivity contribution is 9.10. The van der Waals surface area contributed by atoms with Crippen molar-refractivity contribution in [2.75, 3.05) is 6.54 Å². The Bertz CT molecular complexity index is 397. The molecule has 2 nitrogen and oxygen atoms in total. The fraction of sp³-hybridized carbons (Fsp3) is 0.417. The lowest BCUT2D eigenvalue weighted by Gasteiger charge is -2.14. The first-order chi connectivity index (χ1) is 7.34. The number of hydrogen-bond acceptors (Lipinski definition) is 2. The maximum absolute atomic E-state index is 4.29. The van der Waals surface area contributed by atoms with Crippen molar-refractivity contribution in [3.63, 3.8) is 0 Å². The molecule has 15 heavy (non-hydrogen) atoms. The van der Waals surface area contributed by atoms with Gasteiger partial charge in [-0.25, -0.2) is 4.98 Å². The molecule has 2 aliphatic rings. The van der Waals surface area contributed by atoms with E-state index in [2.05, 4.69) is 38.4 Å². The minimum atomic E-state index is 0.577. The normalized spacial score (nSPS) is 29.0. The standard InChI is InChI=1S/C12H13BrN2/c13-11-4-2-9(7-15-11)10-3-1-8-5-6-14-12(8)10/h2-4,7-8,12,14H,1,5-6H2/t8-,12+/m1/s1. The summed E-state index contributed by atoms with van der Waals surface area (Å²) < 4.78 is 0.903. The summed E-state index contributed by atoms with van der Waals surface area (Å²) in [6.45, 7) is 1.16. The number of nitrogens with zero attached hydrogens (tertiary/aromatic N) is 1. The van der Waals surface area contributed by atoms with Crippen molar-refractivity contribution in [1.29, 1.82) is 0 Å². The van der Waals surface area contributed by atoms with Gasteiger partial charge in [0, 0.05) is 12.2 Å². The van der Waals surface area contributed by atoms with E-state index in [9.17, 15) is 0 Å². The average molecular weight is 265 g/mol. The van der Waals surface area contributed by atoms with Crippen LogP contribution < -0.4 is 5.32 Å². The molecule has 1 aliphatic carbocycles. The van der Waals surface area contributed by atoms with Gasteiger partial charge in [-0.05, 0) is 58.4 Å². The van der Waals surface area contributed by atoms with Crippen molar-refractivity contribution >= 4 is 21.5 Å². The van der Waals surface area contributed by atoms with Crippen LogP contribution in [0.25, 0.3) is 5.57 Å². The van der Waals surface area contributed by atoms with E-state index in [0.29, 0.717) is 6.04 Å². The van der Waals surface area contributed by atoms with Crippen molar-refractivity contribution in [3.8, 4) is 0 Å². The zero-order valence-corrected chi connectivity index (χ0v) is 10.00. The Morgan fingerprint density at radius 2 is 2.33 bits per heavy atom. The van der Waals surface area contributed by atoms with Gasteiger partial charge in [-0.1, -0.05) is 12.1 Å². The summed E-state index contributed by atoms with van der Waals surface area (Å²) in [5.74, 6) is 0.823. The molecule has 1 N–H and O–H groups in total. The SMILES string of the molecule is Brc1ccc(C2=CC[C@@H]3CCN[C@H]23)cn1. The summed E-state index contributed by atoms with van der Waals surface area (Å²) in [6, 6.07) is 4.73. The lowest BCUT2D eigenvalue weighted by atomic mass is 9.97. The minimum Gasteiger partial charge on any atom is -0.310 e. The van der Waals surface area contributed by atoms with Crippen LogP contribution in [0.4, 0.5) is 0 Å². The third kappa shape index (κ3) is 1.64. The molecule has 78 valence electrons. The van der Waals surface area contributed by atoms with Gasteiger partial charge in [-0.2, -0.15) is 0 Å². The van der Waals surface area contributed by atoms with Crippen LogP contribution in [-0.2, 0) is 0 Å². The van der Waals surface area contributed by atoms with Gasteiger partial charge in [0.1, 0.15) is 4.60 Å². The molecule has 0 radical (unpaired) electrons. The fourth-order valence-corrected chi connectivity index (χ4v) is 2.86. The fourth-order valence-electron chi connectivity index (χ4n) is 2.62. The monoisotopic (exact) mass is 264 g/mol. The molecular weight excluding hydrogens is 252 g/mol. The molecule has 3 heteroatoms. The number of pyridine rings is 1. The Morgan fingerprint density at radius 3 is 3.13 bits per heavy atom. The predicted molar refractivity (Wildman–Crippen MR) is 64.4 cm³/mol. The molecule has 0 spiro atoms. The highest BCUT2D eigenvalue weighted by Crippen LogP contribution is 2.37. The van der Waals surface area contributed by atoms with Gasteiger partial charge in [0.15, 0.2) is 0 Å². The van der Waals surface area contributed by atoms with Gasteiger partial charge < -0.3 is 5.32 Å². The van der Waals surface area contributed by atoms with Crippen molar-refractivity contribution in [1.82, 2.24) is 10.3 Å². The molecule has 0 bridgehead atoms. The topological polar surface area (TPSA) is 24.9 Å². The van der Waals surface area contributed by atoms with Crippen LogP contribution in [0.1, 0.15) is 18.4 Å². The van der Waals surface area contributed by atoms with Gasteiger partial charge >= 0.3 is 0 Å². The number of nitrogens with one attached hydrogen (secondary N) is 1. The van der Waals surface area contributed by atoms with Crippen molar-refractivity contribution in [2.24, 2.45) is 5.92 Å². The Hall–Kier alpha value is -0.670. The van der Waals surface area contributed by atoms with E-state index in [1.54, 1.807) is 0 Å². The van der Waals surface area contributed by atoms with Crippen LogP contribution in [0.15, 0.2) is 29.0 Å². The summed E-state index contributed by atoms with van der Waals surface area (Å²) in [6.07, 6.45) is 6.86. The lowest BCUT2D eigenvalue weighted by Crippen LogP contribution is -2.24. The maximum Gasteiger partial charge on any atom is 0.106 e. The van der Waals surface area contributed by atoms with Crippen LogP contribution in [0.3, 0.4) is 0 Å². The molecule has 0 amide bonds. The number of allylic oxidation sites excluding steroid dienone is 1. The van der Waals surface area contributed by atoms with Crippen LogP contribution in [0.2, 0.25) is 0 Å². The Kier molecular flexibility index (Phi) is 2.37. The zero-order valence-electron chi connectivity index (χ0n) is 8.41. The van der Waals surface area contributed by atoms with Crippen molar-refractivity contribution in [3.05, 3.63) is 34.6 Å². The highest BCUT2D eigenvalue weighted by Gasteiger charge is 2.33. The van der Waals surface area contributed by atoms with Gasteiger partial charge in [0.25, 0.3) is 0 Å². The van der Waals surface area contributed by atoms with Gasteiger partial charge in [0.2, 0.25) is 0 Å². The Morgan fingerprint density at radius 1 is 1.40 bits per heavy atom. The van der Waals surface area contributed by atoms with E-state index in [0.717, 1.165) is 17.1 Å². The number of hydrogen-bond donors (Lipinski definition) is 1. The first-order valence-corrected chi connectivity index (χ1v) is 6.19. The summed E-state index contributed by atoms with van der Waals surface area (Å²) in [4.78, 5) is 4.29. The second-order valence-electron chi connectivity index (χ2n) is 4.25. The number of halogens is 1. The summed E-state index contributed by atoms with van der Waals surface area (Å²) in [5, 5.41) is 3.57. The van der Waals surface area contributed by atoms with Gasteiger partial charge in [-0.3, -0.25) is 0 Å². The van der Waals surface area contributed by atoms with Crippen LogP contribution >= 0.6 is 15.9 Å². The number of aromatic nitrogens is 1. The smallest absolute Gasteiger partial charge is 0.106 e. The largest absolute Gasteiger partial charge is 0.310 e. The number of fused-ring (bicyclic) bond motifs is 1. The van der Waals surface area contributed by atoms with Crippen molar-refractivity contribution in [2.45, 2.75) is 18.9 Å². The van der Waals surface area contributed by atoms with E-state index in [4.69, 9.17) is 0 Å². The van der Waals surface area contributed by atoms with Crippen LogP contribution in [-0.4, -0.2) is 17.6 Å². The van der Waals surface area contributed by atoms with Crippen molar-refractivity contribution < 1.29 is 0 Å². The van der Waals surface area contributed by atoms with Gasteiger partial charge in [0.05, 0.1) is 0 Å². The quantitative estimate of drug-likeness (QED) is 0.789. The zero-order chi connectivity index (χ0) is 10.3. The molecule has 2 atom stereocenters. The summed E-state index contributed by atoms with van der Waals surface area (Å²) in [5.41, 5.74) is 2.71.